The molecule has 0 atom stereocenters. The van der Waals surface area contributed by atoms with E-state index in [0.717, 1.165) is 11.1 Å². The van der Waals surface area contributed by atoms with Crippen molar-refractivity contribution in [1.82, 2.24) is 10.2 Å². The number of H-pyrrole nitrogens is 1. The Kier molecular flexibility index (Phi) is 2.56. The van der Waals surface area contributed by atoms with E-state index in [0.29, 0.717) is 5.56 Å². The summed E-state index contributed by atoms with van der Waals surface area (Å²) in [4.78, 5) is 11.5. The SMILES string of the molecule is Cc1ccc(-c2cc(Cl)n[nH]c2=O)cc1. The molecule has 1 heterocycles. The summed E-state index contributed by atoms with van der Waals surface area (Å²) < 4.78 is 0. The van der Waals surface area contributed by atoms with Crippen LogP contribution in [-0.2, 0) is 0 Å². The molecule has 0 bridgehead atoms. The Labute approximate surface area is 91.7 Å². The molecule has 0 aliphatic carbocycles. The van der Waals surface area contributed by atoms with Crippen LogP contribution >= 0.6 is 11.6 Å². The summed E-state index contributed by atoms with van der Waals surface area (Å²) in [6.07, 6.45) is 0. The van der Waals surface area contributed by atoms with Crippen LogP contribution in [0.1, 0.15) is 5.56 Å². The van der Waals surface area contributed by atoms with Gasteiger partial charge in [-0.2, -0.15) is 5.10 Å². The van der Waals surface area contributed by atoms with Crippen LogP contribution in [0.15, 0.2) is 35.1 Å². The second-order valence-electron chi connectivity index (χ2n) is 3.30. The molecular formula is C11H9ClN2O. The maximum absolute atomic E-state index is 11.5. The third-order valence-electron chi connectivity index (χ3n) is 2.13. The third kappa shape index (κ3) is 2.07. The number of aryl methyl sites for hydroxylation is 1. The van der Waals surface area contributed by atoms with Crippen LogP contribution in [0.2, 0.25) is 5.15 Å². The van der Waals surface area contributed by atoms with Crippen molar-refractivity contribution in [2.75, 3.05) is 0 Å². The molecule has 76 valence electrons. The first-order chi connectivity index (χ1) is 7.16. The first-order valence-electron chi connectivity index (χ1n) is 4.49. The molecule has 0 fully saturated rings. The minimum atomic E-state index is -0.233. The van der Waals surface area contributed by atoms with Gasteiger partial charge < -0.3 is 0 Å². The predicted molar refractivity (Wildman–Crippen MR) is 60.0 cm³/mol. The van der Waals surface area contributed by atoms with Gasteiger partial charge in [0.25, 0.3) is 5.56 Å². The van der Waals surface area contributed by atoms with Crippen molar-refractivity contribution in [2.45, 2.75) is 6.92 Å². The summed E-state index contributed by atoms with van der Waals surface area (Å²) in [5, 5.41) is 6.24. The zero-order valence-electron chi connectivity index (χ0n) is 8.12. The average molecular weight is 221 g/mol. The Morgan fingerprint density at radius 1 is 1.27 bits per heavy atom. The second kappa shape index (κ2) is 3.87. The van der Waals surface area contributed by atoms with Crippen LogP contribution in [0.4, 0.5) is 0 Å². The molecular weight excluding hydrogens is 212 g/mol. The van der Waals surface area contributed by atoms with Crippen molar-refractivity contribution in [3.8, 4) is 11.1 Å². The van der Waals surface area contributed by atoms with Gasteiger partial charge in [-0.3, -0.25) is 4.79 Å². The molecule has 0 spiro atoms. The Morgan fingerprint density at radius 2 is 1.93 bits per heavy atom. The molecule has 0 radical (unpaired) electrons. The van der Waals surface area contributed by atoms with Crippen LogP contribution in [0.5, 0.6) is 0 Å². The first-order valence-corrected chi connectivity index (χ1v) is 4.87. The minimum Gasteiger partial charge on any atom is -0.267 e. The molecule has 0 amide bonds. The van der Waals surface area contributed by atoms with E-state index >= 15 is 0 Å². The lowest BCUT2D eigenvalue weighted by molar-refractivity contribution is 0.992. The molecule has 4 heteroatoms. The normalized spacial score (nSPS) is 10.3. The highest BCUT2D eigenvalue weighted by Gasteiger charge is 2.04. The second-order valence-corrected chi connectivity index (χ2v) is 3.69. The summed E-state index contributed by atoms with van der Waals surface area (Å²) in [6.45, 7) is 1.99. The van der Waals surface area contributed by atoms with Crippen molar-refractivity contribution in [1.29, 1.82) is 0 Å². The van der Waals surface area contributed by atoms with Gasteiger partial charge >= 0.3 is 0 Å². The summed E-state index contributed by atoms with van der Waals surface area (Å²) in [6, 6.07) is 9.23. The quantitative estimate of drug-likeness (QED) is 0.802. The maximum atomic E-state index is 11.5. The number of hydrogen-bond donors (Lipinski definition) is 1. The van der Waals surface area contributed by atoms with Crippen molar-refractivity contribution in [3.05, 3.63) is 51.4 Å². The van der Waals surface area contributed by atoms with E-state index < -0.39 is 0 Å². The molecule has 15 heavy (non-hydrogen) atoms. The Balaban J connectivity index is 2.58. The fraction of sp³-hybridized carbons (Fsp3) is 0.0909. The highest BCUT2D eigenvalue weighted by atomic mass is 35.5. The lowest BCUT2D eigenvalue weighted by atomic mass is 10.1. The number of nitrogens with one attached hydrogen (secondary N) is 1. The van der Waals surface area contributed by atoms with E-state index in [2.05, 4.69) is 10.2 Å². The van der Waals surface area contributed by atoms with Crippen LogP contribution < -0.4 is 5.56 Å². The van der Waals surface area contributed by atoms with Crippen molar-refractivity contribution in [2.24, 2.45) is 0 Å². The van der Waals surface area contributed by atoms with E-state index in [1.807, 2.05) is 31.2 Å². The van der Waals surface area contributed by atoms with Gasteiger partial charge in [0, 0.05) is 0 Å². The van der Waals surface area contributed by atoms with Gasteiger partial charge in [0.2, 0.25) is 0 Å². The molecule has 2 aromatic rings. The average Bonchev–Trinajstić information content (AvgIpc) is 2.23. The van der Waals surface area contributed by atoms with Gasteiger partial charge in [0.1, 0.15) is 5.15 Å². The zero-order valence-corrected chi connectivity index (χ0v) is 8.88. The van der Waals surface area contributed by atoms with Gasteiger partial charge in [-0.15, -0.1) is 0 Å². The molecule has 1 N–H and O–H groups in total. The molecule has 0 saturated carbocycles. The third-order valence-corrected chi connectivity index (χ3v) is 2.33. The molecule has 2 rings (SSSR count). The Hall–Kier alpha value is -1.61. The molecule has 0 aliphatic rings. The minimum absolute atomic E-state index is 0.233. The number of nitrogens with zero attached hydrogens (tertiary/aromatic N) is 1. The zero-order chi connectivity index (χ0) is 10.8. The van der Waals surface area contributed by atoms with Gasteiger partial charge in [-0.05, 0) is 18.6 Å². The maximum Gasteiger partial charge on any atom is 0.272 e. The van der Waals surface area contributed by atoms with E-state index in [9.17, 15) is 4.79 Å². The smallest absolute Gasteiger partial charge is 0.267 e. The summed E-state index contributed by atoms with van der Waals surface area (Å²) in [7, 11) is 0. The van der Waals surface area contributed by atoms with Crippen molar-refractivity contribution in [3.63, 3.8) is 0 Å². The highest BCUT2D eigenvalue weighted by molar-refractivity contribution is 6.29. The van der Waals surface area contributed by atoms with Crippen molar-refractivity contribution >= 4 is 11.6 Å². The largest absolute Gasteiger partial charge is 0.272 e. The van der Waals surface area contributed by atoms with Gasteiger partial charge in [-0.1, -0.05) is 41.4 Å². The van der Waals surface area contributed by atoms with Gasteiger partial charge in [0.05, 0.1) is 5.56 Å². The van der Waals surface area contributed by atoms with E-state index in [1.54, 1.807) is 6.07 Å². The lowest BCUT2D eigenvalue weighted by Gasteiger charge is -2.00. The highest BCUT2D eigenvalue weighted by Crippen LogP contribution is 2.17. The molecule has 0 unspecified atom stereocenters. The number of rotatable bonds is 1. The molecule has 1 aromatic heterocycles. The fourth-order valence-electron chi connectivity index (χ4n) is 1.33. The van der Waals surface area contributed by atoms with E-state index in [-0.39, 0.29) is 10.7 Å². The van der Waals surface area contributed by atoms with E-state index in [4.69, 9.17) is 11.6 Å². The number of hydrogen-bond acceptors (Lipinski definition) is 2. The van der Waals surface area contributed by atoms with E-state index in [1.165, 1.54) is 0 Å². The number of aromatic amines is 1. The monoisotopic (exact) mass is 220 g/mol. The van der Waals surface area contributed by atoms with Crippen LogP contribution in [0, 0.1) is 6.92 Å². The van der Waals surface area contributed by atoms with Gasteiger partial charge in [0.15, 0.2) is 0 Å². The van der Waals surface area contributed by atoms with Gasteiger partial charge in [-0.25, -0.2) is 5.10 Å². The summed E-state index contributed by atoms with van der Waals surface area (Å²) in [5.41, 5.74) is 2.29. The molecule has 0 saturated heterocycles. The standard InChI is InChI=1S/C11H9ClN2O/c1-7-2-4-8(5-3-7)9-6-10(12)13-14-11(9)15/h2-6H,1H3,(H,14,15). The fourth-order valence-corrected chi connectivity index (χ4v) is 1.48. The number of benzene rings is 1. The Bertz CT molecular complexity index is 531. The lowest BCUT2D eigenvalue weighted by Crippen LogP contribution is -2.10. The van der Waals surface area contributed by atoms with Crippen LogP contribution in [0.25, 0.3) is 11.1 Å². The number of halogens is 1. The van der Waals surface area contributed by atoms with Crippen molar-refractivity contribution < 1.29 is 0 Å². The predicted octanol–water partition coefficient (Wildman–Crippen LogP) is 2.40. The van der Waals surface area contributed by atoms with Crippen LogP contribution in [-0.4, -0.2) is 10.2 Å². The number of aromatic nitrogens is 2. The molecule has 1 aromatic carbocycles. The first kappa shape index (κ1) is 9.93. The summed E-state index contributed by atoms with van der Waals surface area (Å²) in [5.74, 6) is 0. The molecule has 0 aliphatic heterocycles. The molecule has 3 nitrogen and oxygen atoms in total. The Morgan fingerprint density at radius 3 is 2.60 bits per heavy atom. The van der Waals surface area contributed by atoms with Crippen LogP contribution in [0.3, 0.4) is 0 Å². The summed E-state index contributed by atoms with van der Waals surface area (Å²) >= 11 is 5.72. The topological polar surface area (TPSA) is 45.8 Å².